The van der Waals surface area contributed by atoms with Gasteiger partial charge in [-0.15, -0.1) is 0 Å². The molecule has 226 valence electrons. The number of piperazine rings is 1. The number of H-pyrrole nitrogens is 1. The molecule has 5 aromatic rings. The van der Waals surface area contributed by atoms with Crippen LogP contribution in [0.5, 0.6) is 0 Å². The molecule has 2 amide bonds. The van der Waals surface area contributed by atoms with Crippen LogP contribution in [0.4, 0.5) is 0 Å². The minimum absolute atomic E-state index is 0.0476. The number of para-hydroxylation sites is 1. The number of hydrogen-bond donors (Lipinski definition) is 3. The van der Waals surface area contributed by atoms with E-state index < -0.39 is 17.9 Å². The van der Waals surface area contributed by atoms with Crippen molar-refractivity contribution in [1.82, 2.24) is 25.1 Å². The summed E-state index contributed by atoms with van der Waals surface area (Å²) < 4.78 is 0. The fraction of sp³-hybridized carbons (Fsp3) is 0.200. The van der Waals surface area contributed by atoms with Crippen LogP contribution >= 0.6 is 11.8 Å². The van der Waals surface area contributed by atoms with Crippen molar-refractivity contribution in [2.24, 2.45) is 0 Å². The van der Waals surface area contributed by atoms with Crippen LogP contribution < -0.4 is 5.32 Å². The van der Waals surface area contributed by atoms with Crippen molar-refractivity contribution in [2.45, 2.75) is 28.9 Å². The first-order valence-electron chi connectivity index (χ1n) is 14.9. The molecule has 9 nitrogen and oxygen atoms in total. The van der Waals surface area contributed by atoms with Crippen molar-refractivity contribution >= 4 is 40.4 Å². The van der Waals surface area contributed by atoms with E-state index in [9.17, 15) is 19.5 Å². The quantitative estimate of drug-likeness (QED) is 0.222. The molecule has 3 heterocycles. The lowest BCUT2D eigenvalue weighted by atomic mass is 10.0. The zero-order valence-corrected chi connectivity index (χ0v) is 25.4. The molecule has 1 saturated heterocycles. The normalized spacial score (nSPS) is 15.4. The Balaban J connectivity index is 1.05. The number of amides is 2. The lowest BCUT2D eigenvalue weighted by molar-refractivity contribution is -0.134. The molecule has 3 N–H and O–H groups in total. The molecule has 0 saturated carbocycles. The second-order valence-electron chi connectivity index (χ2n) is 11.3. The minimum atomic E-state index is -1.10. The van der Waals surface area contributed by atoms with E-state index in [1.807, 2.05) is 29.2 Å². The van der Waals surface area contributed by atoms with Crippen LogP contribution in [0, 0.1) is 0 Å². The number of nitrogens with zero attached hydrogens (tertiary/aromatic N) is 3. The summed E-state index contributed by atoms with van der Waals surface area (Å²) in [5, 5.41) is 13.6. The Kier molecular flexibility index (Phi) is 7.60. The molecule has 1 fully saturated rings. The Labute approximate surface area is 264 Å². The number of pyridine rings is 1. The molecule has 7 rings (SSSR count). The Morgan fingerprint density at radius 1 is 0.889 bits per heavy atom. The fourth-order valence-electron chi connectivity index (χ4n) is 6.44. The van der Waals surface area contributed by atoms with Crippen molar-refractivity contribution in [1.29, 1.82) is 0 Å². The average Bonchev–Trinajstić information content (AvgIpc) is 3.60. The number of rotatable bonds is 7. The predicted molar refractivity (Wildman–Crippen MR) is 172 cm³/mol. The van der Waals surface area contributed by atoms with Gasteiger partial charge in [0, 0.05) is 43.3 Å². The summed E-state index contributed by atoms with van der Waals surface area (Å²) in [7, 11) is 0. The molecule has 45 heavy (non-hydrogen) atoms. The first kappa shape index (κ1) is 28.8. The van der Waals surface area contributed by atoms with Crippen molar-refractivity contribution < 1.29 is 19.5 Å². The SMILES string of the molecule is C[C@@H](NC(=O)c1[nH]c2ccccc2c1Sc1ncccc1C(=O)O)C(=O)N1CCN(C2c3ccccc3-c3ccccc32)CC1. The number of nitrogens with one attached hydrogen (secondary N) is 2. The smallest absolute Gasteiger partial charge is 0.338 e. The average molecular weight is 618 g/mol. The van der Waals surface area contributed by atoms with E-state index in [1.165, 1.54) is 34.5 Å². The minimum Gasteiger partial charge on any atom is -0.478 e. The summed E-state index contributed by atoms with van der Waals surface area (Å²) in [4.78, 5) is 51.3. The van der Waals surface area contributed by atoms with Gasteiger partial charge >= 0.3 is 5.97 Å². The van der Waals surface area contributed by atoms with Crippen LogP contribution in [0.3, 0.4) is 0 Å². The van der Waals surface area contributed by atoms with E-state index >= 15 is 0 Å². The summed E-state index contributed by atoms with van der Waals surface area (Å²) in [6.45, 7) is 4.26. The van der Waals surface area contributed by atoms with Gasteiger partial charge in [-0.05, 0) is 47.4 Å². The molecule has 0 spiro atoms. The maximum absolute atomic E-state index is 13.6. The lowest BCUT2D eigenvalue weighted by Gasteiger charge is -2.39. The topological polar surface area (TPSA) is 119 Å². The van der Waals surface area contributed by atoms with Gasteiger partial charge in [-0.2, -0.15) is 0 Å². The number of benzene rings is 3. The first-order chi connectivity index (χ1) is 21.9. The third kappa shape index (κ3) is 5.26. The summed E-state index contributed by atoms with van der Waals surface area (Å²) in [6.07, 6.45) is 1.52. The molecular formula is C35H31N5O4S. The highest BCUT2D eigenvalue weighted by atomic mass is 32.2. The van der Waals surface area contributed by atoms with E-state index in [1.54, 1.807) is 13.0 Å². The van der Waals surface area contributed by atoms with Crippen LogP contribution in [0.15, 0.2) is 101 Å². The van der Waals surface area contributed by atoms with Gasteiger partial charge in [-0.25, -0.2) is 9.78 Å². The Morgan fingerprint density at radius 3 is 2.22 bits per heavy atom. The zero-order chi connectivity index (χ0) is 31.1. The van der Waals surface area contributed by atoms with E-state index in [0.717, 1.165) is 35.8 Å². The molecule has 10 heteroatoms. The number of carboxylic acid groups (broad SMARTS) is 1. The highest BCUT2D eigenvalue weighted by Gasteiger charge is 2.36. The second kappa shape index (κ2) is 11.9. The predicted octanol–water partition coefficient (Wildman–Crippen LogP) is 5.44. The molecule has 1 aliphatic heterocycles. The highest BCUT2D eigenvalue weighted by molar-refractivity contribution is 7.99. The van der Waals surface area contributed by atoms with Crippen molar-refractivity contribution in [3.63, 3.8) is 0 Å². The summed E-state index contributed by atoms with van der Waals surface area (Å²) in [5.41, 5.74) is 6.16. The van der Waals surface area contributed by atoms with Gasteiger partial charge in [0.2, 0.25) is 5.91 Å². The molecule has 0 bridgehead atoms. The fourth-order valence-corrected chi connectivity index (χ4v) is 7.55. The third-order valence-corrected chi connectivity index (χ3v) is 9.74. The third-order valence-electron chi connectivity index (χ3n) is 8.60. The van der Waals surface area contributed by atoms with Crippen LogP contribution in [0.25, 0.3) is 22.0 Å². The molecule has 2 aliphatic rings. The number of carbonyl (C=O) groups excluding carboxylic acids is 2. The molecular weight excluding hydrogens is 586 g/mol. The summed E-state index contributed by atoms with van der Waals surface area (Å²) >= 11 is 1.11. The van der Waals surface area contributed by atoms with Crippen molar-refractivity contribution in [3.8, 4) is 11.1 Å². The summed E-state index contributed by atoms with van der Waals surface area (Å²) in [5.74, 6) is -1.68. The van der Waals surface area contributed by atoms with Crippen molar-refractivity contribution in [3.05, 3.63) is 114 Å². The van der Waals surface area contributed by atoms with E-state index in [4.69, 9.17) is 0 Å². The van der Waals surface area contributed by atoms with E-state index in [-0.39, 0.29) is 28.2 Å². The number of hydrogen-bond acceptors (Lipinski definition) is 6. The Bertz CT molecular complexity index is 1900. The molecule has 0 radical (unpaired) electrons. The van der Waals surface area contributed by atoms with Gasteiger partial charge in [-0.3, -0.25) is 14.5 Å². The van der Waals surface area contributed by atoms with Crippen LogP contribution in [0.1, 0.15) is 44.9 Å². The number of aromatic carboxylic acids is 1. The van der Waals surface area contributed by atoms with Crippen LogP contribution in [-0.2, 0) is 4.79 Å². The number of aromatic amines is 1. The zero-order valence-electron chi connectivity index (χ0n) is 24.6. The van der Waals surface area contributed by atoms with Gasteiger partial charge in [0.25, 0.3) is 5.91 Å². The van der Waals surface area contributed by atoms with Crippen molar-refractivity contribution in [2.75, 3.05) is 26.2 Å². The largest absolute Gasteiger partial charge is 0.478 e. The molecule has 1 aliphatic carbocycles. The maximum Gasteiger partial charge on any atom is 0.338 e. The maximum atomic E-state index is 13.6. The van der Waals surface area contributed by atoms with Gasteiger partial charge in [0.1, 0.15) is 16.8 Å². The Morgan fingerprint density at radius 2 is 1.53 bits per heavy atom. The number of fused-ring (bicyclic) bond motifs is 4. The summed E-state index contributed by atoms with van der Waals surface area (Å²) in [6, 6.07) is 26.9. The van der Waals surface area contributed by atoms with Crippen LogP contribution in [-0.4, -0.2) is 74.9 Å². The Hall–Kier alpha value is -4.93. The molecule has 2 aromatic heterocycles. The van der Waals surface area contributed by atoms with E-state index in [0.29, 0.717) is 18.0 Å². The molecule has 3 aromatic carbocycles. The molecule has 1 atom stereocenters. The van der Waals surface area contributed by atoms with Gasteiger partial charge in [-0.1, -0.05) is 78.5 Å². The van der Waals surface area contributed by atoms with Gasteiger partial charge < -0.3 is 20.3 Å². The van der Waals surface area contributed by atoms with Gasteiger partial charge in [0.15, 0.2) is 0 Å². The van der Waals surface area contributed by atoms with Gasteiger partial charge in [0.05, 0.1) is 16.5 Å². The second-order valence-corrected chi connectivity index (χ2v) is 12.3. The molecule has 0 unspecified atom stereocenters. The highest BCUT2D eigenvalue weighted by Crippen LogP contribution is 2.46. The van der Waals surface area contributed by atoms with Crippen LogP contribution in [0.2, 0.25) is 0 Å². The number of carboxylic acids is 1. The van der Waals surface area contributed by atoms with E-state index in [2.05, 4.69) is 68.7 Å². The lowest BCUT2D eigenvalue weighted by Crippen LogP contribution is -2.54. The first-order valence-corrected chi connectivity index (χ1v) is 15.7. The number of aromatic nitrogens is 2. The monoisotopic (exact) mass is 617 g/mol. The number of carbonyl (C=O) groups is 3. The standard InChI is InChI=1S/C35H31N5O4S/c1-21(34(42)40-19-17-39(18-20-40)30-24-11-4-2-9-22(24)23-10-3-5-12-25(23)30)37-32(41)29-31(26-13-6-7-15-28(26)38-29)45-33-27(35(43)44)14-8-16-36-33/h2-16,21,30,38H,17-20H2,1H3,(H,37,41)(H,43,44)/t21-/m1/s1.